The Bertz CT molecular complexity index is 4620. The molecule has 10 aromatic rings. The Morgan fingerprint density at radius 1 is 0.250 bits per heavy atom. The summed E-state index contributed by atoms with van der Waals surface area (Å²) in [6.45, 7) is 27.4. The summed E-state index contributed by atoms with van der Waals surface area (Å²) in [4.78, 5) is 33.4. The topological polar surface area (TPSA) is 77.3 Å². The van der Waals surface area contributed by atoms with Gasteiger partial charge in [0, 0.05) is 78.1 Å². The lowest BCUT2D eigenvalue weighted by molar-refractivity contribution is 0.398. The van der Waals surface area contributed by atoms with Crippen molar-refractivity contribution in [3.63, 3.8) is 0 Å². The predicted molar refractivity (Wildman–Crippen MR) is 441 cm³/mol. The normalized spacial score (nSPS) is 15.8. The Labute approximate surface area is 625 Å². The average Bonchev–Trinajstić information content (AvgIpc) is 1.57. The second-order valence-corrected chi connectivity index (χ2v) is 32.0. The van der Waals surface area contributed by atoms with Gasteiger partial charge < -0.3 is 0 Å². The molecule has 0 spiro atoms. The second kappa shape index (κ2) is 33.1. The highest BCUT2D eigenvalue weighted by Gasteiger charge is 2.44. The van der Waals surface area contributed by atoms with Gasteiger partial charge in [-0.05, 0) is 187 Å². The van der Waals surface area contributed by atoms with Gasteiger partial charge in [-0.25, -0.2) is 29.9 Å². The molecule has 104 heavy (non-hydrogen) atoms. The summed E-state index contributed by atoms with van der Waals surface area (Å²) in [5.74, 6) is 2.01. The number of aryl methyl sites for hydroxylation is 6. The summed E-state index contributed by atoms with van der Waals surface area (Å²) in [6, 6.07) is 56.0. The zero-order valence-corrected chi connectivity index (χ0v) is 65.5. The Hall–Kier alpha value is -8.22. The van der Waals surface area contributed by atoms with E-state index in [4.69, 9.17) is 29.9 Å². The SMILES string of the molecule is CCCCCCCCC1(C)c2ccccc2-c2ccc(-c3c(C)nc(-c4cc(-c5nc(C)c(-c6ccc7c(c6)C(CCCCCCCC)(CCCCCCCC)c6ccccc6-7)c(C)n5)cc(-c5nc(C)c(-c6ccc7c(c6)C(C)(CCCCCCCC)c6ccccc6-7)c(CC)n5)c4)nc3C)cc21. The maximum Gasteiger partial charge on any atom is 0.159 e. The first kappa shape index (κ1) is 74.1. The van der Waals surface area contributed by atoms with Gasteiger partial charge in [0.1, 0.15) is 0 Å². The smallest absolute Gasteiger partial charge is 0.159 e. The first-order valence-electron chi connectivity index (χ1n) is 41.2. The van der Waals surface area contributed by atoms with Crippen molar-refractivity contribution < 1.29 is 0 Å². The van der Waals surface area contributed by atoms with Gasteiger partial charge in [0.15, 0.2) is 17.5 Å². The van der Waals surface area contributed by atoms with Crippen molar-refractivity contribution in [2.75, 3.05) is 0 Å². The van der Waals surface area contributed by atoms with E-state index in [2.05, 4.69) is 229 Å². The van der Waals surface area contributed by atoms with Gasteiger partial charge in [0.05, 0.1) is 5.69 Å². The minimum absolute atomic E-state index is 0.0334. The first-order chi connectivity index (χ1) is 50.7. The van der Waals surface area contributed by atoms with Crippen LogP contribution in [0.5, 0.6) is 0 Å². The molecule has 0 amide bonds. The van der Waals surface area contributed by atoms with E-state index >= 15 is 0 Å². The van der Waals surface area contributed by atoms with Crippen molar-refractivity contribution in [2.45, 2.75) is 286 Å². The number of fused-ring (bicyclic) bond motifs is 9. The molecule has 2 atom stereocenters. The van der Waals surface area contributed by atoms with E-state index in [1.807, 2.05) is 0 Å². The van der Waals surface area contributed by atoms with Gasteiger partial charge in [0.2, 0.25) is 0 Å². The number of nitrogens with zero attached hydrogens (tertiary/aromatic N) is 6. The number of rotatable bonds is 35. The Kier molecular flexibility index (Phi) is 23.5. The molecule has 3 aromatic heterocycles. The van der Waals surface area contributed by atoms with Crippen LogP contribution in [0.4, 0.5) is 0 Å². The van der Waals surface area contributed by atoms with Crippen LogP contribution in [0.1, 0.15) is 296 Å². The van der Waals surface area contributed by atoms with E-state index in [9.17, 15) is 0 Å². The van der Waals surface area contributed by atoms with Gasteiger partial charge in [-0.2, -0.15) is 0 Å². The van der Waals surface area contributed by atoms with E-state index < -0.39 is 0 Å². The molecule has 3 heterocycles. The molecule has 3 aliphatic carbocycles. The largest absolute Gasteiger partial charge is 0.233 e. The van der Waals surface area contributed by atoms with E-state index in [1.165, 1.54) is 250 Å². The van der Waals surface area contributed by atoms with Crippen molar-refractivity contribution in [3.05, 3.63) is 213 Å². The lowest BCUT2D eigenvalue weighted by Crippen LogP contribution is -2.25. The molecule has 540 valence electrons. The van der Waals surface area contributed by atoms with E-state index in [0.29, 0.717) is 17.5 Å². The molecule has 6 heteroatoms. The van der Waals surface area contributed by atoms with Crippen LogP contribution < -0.4 is 0 Å². The third-order valence-corrected chi connectivity index (χ3v) is 24.7. The number of benzene rings is 7. The Morgan fingerprint density at radius 2 is 0.538 bits per heavy atom. The van der Waals surface area contributed by atoms with Crippen LogP contribution in [0.3, 0.4) is 0 Å². The third-order valence-electron chi connectivity index (χ3n) is 24.7. The third kappa shape index (κ3) is 14.8. The van der Waals surface area contributed by atoms with E-state index in [-0.39, 0.29) is 16.2 Å². The summed E-state index contributed by atoms with van der Waals surface area (Å²) < 4.78 is 0. The maximum atomic E-state index is 5.62. The maximum absolute atomic E-state index is 5.62. The fraction of sp³-hybridized carbons (Fsp3) is 0.449. The van der Waals surface area contributed by atoms with Gasteiger partial charge in [0.25, 0.3) is 0 Å². The monoisotopic (exact) mass is 1380 g/mol. The van der Waals surface area contributed by atoms with Crippen LogP contribution in [-0.4, -0.2) is 29.9 Å². The average molecular weight is 1380 g/mol. The predicted octanol–water partition coefficient (Wildman–Crippen LogP) is 28.0. The molecule has 2 unspecified atom stereocenters. The zero-order chi connectivity index (χ0) is 72.5. The molecule has 0 aliphatic heterocycles. The Morgan fingerprint density at radius 3 is 0.923 bits per heavy atom. The minimum Gasteiger partial charge on any atom is -0.233 e. The molecular weight excluding hydrogens is 1260 g/mol. The highest BCUT2D eigenvalue weighted by molar-refractivity contribution is 5.88. The minimum atomic E-state index is -0.0832. The van der Waals surface area contributed by atoms with Crippen molar-refractivity contribution in [3.8, 4) is 101 Å². The van der Waals surface area contributed by atoms with Crippen molar-refractivity contribution >= 4 is 0 Å². The molecule has 13 rings (SSSR count). The number of aromatic nitrogens is 6. The highest BCUT2D eigenvalue weighted by atomic mass is 14.9. The van der Waals surface area contributed by atoms with Gasteiger partial charge in [-0.15, -0.1) is 0 Å². The van der Waals surface area contributed by atoms with Gasteiger partial charge in [-0.3, -0.25) is 0 Å². The fourth-order valence-corrected chi connectivity index (χ4v) is 19.1. The molecule has 6 nitrogen and oxygen atoms in total. The number of hydrogen-bond donors (Lipinski definition) is 0. The van der Waals surface area contributed by atoms with Crippen molar-refractivity contribution in [2.24, 2.45) is 0 Å². The summed E-state index contributed by atoms with van der Waals surface area (Å²) in [5.41, 5.74) is 32.2. The molecule has 7 aromatic carbocycles. The molecule has 0 radical (unpaired) electrons. The highest BCUT2D eigenvalue weighted by Crippen LogP contribution is 2.57. The number of unbranched alkanes of at least 4 members (excludes halogenated alkanes) is 20. The number of hydrogen-bond acceptors (Lipinski definition) is 6. The van der Waals surface area contributed by atoms with Gasteiger partial charge >= 0.3 is 0 Å². The molecule has 0 saturated heterocycles. The molecule has 0 saturated carbocycles. The summed E-state index contributed by atoms with van der Waals surface area (Å²) in [7, 11) is 0. The quantitative estimate of drug-likeness (QED) is 0.0368. The first-order valence-corrected chi connectivity index (χ1v) is 41.2. The van der Waals surface area contributed by atoms with Crippen molar-refractivity contribution in [1.29, 1.82) is 0 Å². The van der Waals surface area contributed by atoms with Crippen LogP contribution >= 0.6 is 0 Å². The fourth-order valence-electron chi connectivity index (χ4n) is 19.1. The van der Waals surface area contributed by atoms with E-state index in [1.54, 1.807) is 0 Å². The Balaban J connectivity index is 0.895. The van der Waals surface area contributed by atoms with Crippen LogP contribution in [0, 0.1) is 34.6 Å². The molecule has 0 bridgehead atoms. The summed E-state index contributed by atoms with van der Waals surface area (Å²) in [6.07, 6.45) is 36.3. The zero-order valence-electron chi connectivity index (χ0n) is 65.5. The molecule has 3 aliphatic rings. The van der Waals surface area contributed by atoms with Crippen LogP contribution in [0.2, 0.25) is 0 Å². The molecular formula is C98H118N6. The van der Waals surface area contributed by atoms with Gasteiger partial charge in [-0.1, -0.05) is 312 Å². The summed E-state index contributed by atoms with van der Waals surface area (Å²) >= 11 is 0. The van der Waals surface area contributed by atoms with E-state index in [0.717, 1.165) is 86.8 Å². The summed E-state index contributed by atoms with van der Waals surface area (Å²) in [5, 5.41) is 0. The standard InChI is InChI=1S/C98H118N6/c1-13-18-22-26-30-40-56-96(11)83-47-37-34-44-77(83)80-53-50-71(63-86(80)96)90-66(6)99-93(100-67(90)7)74-60-75(62-76(61-74)95-103-70(10)92(89(17-5)104-95)73-52-54-81-78-45-35-38-48-84(78)97(12,87(81)64-73)57-41-31-27-23-19-14-2)94-101-68(8)91(69(9)102-94)72-51-55-82-79-46-36-39-49-85(79)98(88(82)65-72,58-42-32-28-24-20-15-3)59-43-33-29-25-21-16-4/h34-39,44-55,60-65H,13-33,40-43,56-59H2,1-12H3. The molecule has 0 N–H and O–H groups in total. The van der Waals surface area contributed by atoms with Crippen LogP contribution in [0.15, 0.2) is 146 Å². The van der Waals surface area contributed by atoms with Crippen LogP contribution in [0.25, 0.3) is 101 Å². The lowest BCUT2D eigenvalue weighted by Gasteiger charge is -2.33. The molecule has 0 fully saturated rings. The second-order valence-electron chi connectivity index (χ2n) is 32.0. The van der Waals surface area contributed by atoms with Crippen molar-refractivity contribution in [1.82, 2.24) is 29.9 Å². The van der Waals surface area contributed by atoms with Crippen LogP contribution in [-0.2, 0) is 22.7 Å². The lowest BCUT2D eigenvalue weighted by atomic mass is 9.70.